The summed E-state index contributed by atoms with van der Waals surface area (Å²) in [6.45, 7) is 2.59. The summed E-state index contributed by atoms with van der Waals surface area (Å²) in [5.74, 6) is -1.27. The van der Waals surface area contributed by atoms with Gasteiger partial charge in [-0.05, 0) is 17.9 Å². The van der Waals surface area contributed by atoms with Crippen molar-refractivity contribution in [3.63, 3.8) is 0 Å². The van der Waals surface area contributed by atoms with Gasteiger partial charge in [-0.15, -0.1) is 11.3 Å². The fourth-order valence-electron chi connectivity index (χ4n) is 3.49. The van der Waals surface area contributed by atoms with Gasteiger partial charge in [0.05, 0.1) is 17.9 Å². The van der Waals surface area contributed by atoms with Gasteiger partial charge in [-0.25, -0.2) is 0 Å². The molecule has 0 aromatic carbocycles. The Morgan fingerprint density at radius 1 is 1.35 bits per heavy atom. The number of nitrogens with zero attached hydrogens (tertiary/aromatic N) is 2. The molecular formula is C16H20N2O4S. The highest BCUT2D eigenvalue weighted by atomic mass is 32.1. The van der Waals surface area contributed by atoms with E-state index < -0.39 is 11.8 Å². The Balaban J connectivity index is 1.78. The van der Waals surface area contributed by atoms with Crippen LogP contribution in [0.3, 0.4) is 0 Å². The highest BCUT2D eigenvalue weighted by Gasteiger charge is 2.54. The molecule has 0 bridgehead atoms. The maximum Gasteiger partial charge on any atom is 0.248 e. The van der Waals surface area contributed by atoms with Crippen molar-refractivity contribution in [2.24, 2.45) is 11.8 Å². The Bertz CT molecular complexity index is 592. The molecule has 6 nitrogen and oxygen atoms in total. The number of ether oxygens (including phenoxy) is 1. The topological polar surface area (TPSA) is 66.9 Å². The fourth-order valence-corrected chi connectivity index (χ4v) is 4.39. The van der Waals surface area contributed by atoms with Crippen LogP contribution < -0.4 is 0 Å². The Morgan fingerprint density at radius 2 is 2.00 bits per heavy atom. The molecule has 2 fully saturated rings. The van der Waals surface area contributed by atoms with Crippen molar-refractivity contribution >= 4 is 29.1 Å². The van der Waals surface area contributed by atoms with E-state index in [9.17, 15) is 14.4 Å². The molecule has 0 saturated carbocycles. The molecular weight excluding hydrogens is 316 g/mol. The zero-order chi connectivity index (χ0) is 16.6. The zero-order valence-corrected chi connectivity index (χ0v) is 14.0. The highest BCUT2D eigenvalue weighted by molar-refractivity contribution is 7.10. The van der Waals surface area contributed by atoms with E-state index in [2.05, 4.69) is 0 Å². The first kappa shape index (κ1) is 16.1. The minimum absolute atomic E-state index is 0.0156. The number of likely N-dealkylation sites (tertiary alicyclic amines) is 2. The second-order valence-electron chi connectivity index (χ2n) is 5.93. The van der Waals surface area contributed by atoms with E-state index in [1.807, 2.05) is 24.4 Å². The molecule has 0 N–H and O–H groups in total. The normalized spacial score (nSPS) is 25.1. The predicted octanol–water partition coefficient (Wildman–Crippen LogP) is 1.29. The van der Waals surface area contributed by atoms with Crippen molar-refractivity contribution in [3.8, 4) is 0 Å². The molecule has 0 radical (unpaired) electrons. The molecule has 3 heterocycles. The highest BCUT2D eigenvalue weighted by Crippen LogP contribution is 2.40. The van der Waals surface area contributed by atoms with E-state index in [0.717, 1.165) is 4.88 Å². The van der Waals surface area contributed by atoms with Gasteiger partial charge in [0.15, 0.2) is 0 Å². The number of fused-ring (bicyclic) bond motifs is 1. The fraction of sp³-hybridized carbons (Fsp3) is 0.562. The van der Waals surface area contributed by atoms with Gasteiger partial charge in [0.2, 0.25) is 17.7 Å². The van der Waals surface area contributed by atoms with Crippen LogP contribution in [-0.2, 0) is 19.1 Å². The van der Waals surface area contributed by atoms with Crippen LogP contribution in [0.2, 0.25) is 0 Å². The molecule has 2 aliphatic rings. The molecule has 1 aromatic heterocycles. The standard InChI is InChI=1S/C16H20N2O4S/c1-3-12(13-5-4-6-23-13)18-15(20)10-7-17(14(19)9-22-2)8-11(10)16(18)21/h4-6,10-12H,3,7-9H2,1-2H3/t10-,11+,12?. The summed E-state index contributed by atoms with van der Waals surface area (Å²) in [6, 6.07) is 3.70. The molecule has 2 saturated heterocycles. The number of hydrogen-bond acceptors (Lipinski definition) is 5. The average Bonchev–Trinajstić information content (AvgIpc) is 3.24. The van der Waals surface area contributed by atoms with Gasteiger partial charge in [-0.2, -0.15) is 0 Å². The molecule has 3 rings (SSSR count). The van der Waals surface area contributed by atoms with Gasteiger partial charge >= 0.3 is 0 Å². The lowest BCUT2D eigenvalue weighted by atomic mass is 10.00. The average molecular weight is 336 g/mol. The summed E-state index contributed by atoms with van der Waals surface area (Å²) in [6.07, 6.45) is 0.698. The number of thiophene rings is 1. The predicted molar refractivity (Wildman–Crippen MR) is 84.6 cm³/mol. The van der Waals surface area contributed by atoms with Crippen molar-refractivity contribution in [1.29, 1.82) is 0 Å². The van der Waals surface area contributed by atoms with Gasteiger partial charge < -0.3 is 9.64 Å². The number of imide groups is 1. The van der Waals surface area contributed by atoms with Crippen molar-refractivity contribution in [2.75, 3.05) is 26.8 Å². The molecule has 0 spiro atoms. The van der Waals surface area contributed by atoms with E-state index in [-0.39, 0.29) is 30.4 Å². The first-order chi connectivity index (χ1) is 11.1. The third-order valence-corrected chi connectivity index (χ3v) is 5.59. The Morgan fingerprint density at radius 3 is 2.48 bits per heavy atom. The molecule has 3 atom stereocenters. The van der Waals surface area contributed by atoms with Crippen molar-refractivity contribution < 1.29 is 19.1 Å². The first-order valence-corrected chi connectivity index (χ1v) is 8.63. The van der Waals surface area contributed by atoms with Crippen LogP contribution in [0.15, 0.2) is 17.5 Å². The lowest BCUT2D eigenvalue weighted by Gasteiger charge is -2.27. The zero-order valence-electron chi connectivity index (χ0n) is 13.2. The quantitative estimate of drug-likeness (QED) is 0.760. The maximum atomic E-state index is 12.8. The van der Waals surface area contributed by atoms with Crippen LogP contribution in [0.1, 0.15) is 24.3 Å². The minimum Gasteiger partial charge on any atom is -0.375 e. The SMILES string of the molecule is CCC(c1cccs1)N1C(=O)[C@H]2CN(C(=O)COC)C[C@H]2C1=O. The summed E-state index contributed by atoms with van der Waals surface area (Å²) < 4.78 is 4.85. The summed E-state index contributed by atoms with van der Waals surface area (Å²) in [5, 5.41) is 1.95. The molecule has 0 aliphatic carbocycles. The molecule has 23 heavy (non-hydrogen) atoms. The monoisotopic (exact) mass is 336 g/mol. The van der Waals surface area contributed by atoms with Gasteiger partial charge in [-0.3, -0.25) is 19.3 Å². The summed E-state index contributed by atoms with van der Waals surface area (Å²) in [4.78, 5) is 41.5. The van der Waals surface area contributed by atoms with Crippen LogP contribution >= 0.6 is 11.3 Å². The van der Waals surface area contributed by atoms with Crippen molar-refractivity contribution in [2.45, 2.75) is 19.4 Å². The van der Waals surface area contributed by atoms with Crippen LogP contribution in [0.25, 0.3) is 0 Å². The van der Waals surface area contributed by atoms with E-state index in [1.165, 1.54) is 12.0 Å². The lowest BCUT2D eigenvalue weighted by molar-refractivity contribution is -0.144. The number of methoxy groups -OCH3 is 1. The van der Waals surface area contributed by atoms with Crippen LogP contribution in [0.4, 0.5) is 0 Å². The first-order valence-electron chi connectivity index (χ1n) is 7.75. The molecule has 3 amide bonds. The Kier molecular flexibility index (Phi) is 4.50. The van der Waals surface area contributed by atoms with E-state index in [1.54, 1.807) is 16.2 Å². The van der Waals surface area contributed by atoms with Crippen LogP contribution in [-0.4, -0.2) is 54.3 Å². The van der Waals surface area contributed by atoms with Crippen LogP contribution in [0, 0.1) is 11.8 Å². The summed E-state index contributed by atoms with van der Waals surface area (Å²) in [7, 11) is 1.46. The van der Waals surface area contributed by atoms with Gasteiger partial charge in [0.1, 0.15) is 6.61 Å². The molecule has 2 aliphatic heterocycles. The maximum absolute atomic E-state index is 12.8. The van der Waals surface area contributed by atoms with Crippen molar-refractivity contribution in [1.82, 2.24) is 9.80 Å². The van der Waals surface area contributed by atoms with E-state index in [4.69, 9.17) is 4.74 Å². The van der Waals surface area contributed by atoms with E-state index in [0.29, 0.717) is 19.5 Å². The number of amides is 3. The number of carbonyl (C=O) groups is 3. The Labute approximate surface area is 139 Å². The second-order valence-corrected chi connectivity index (χ2v) is 6.91. The van der Waals surface area contributed by atoms with E-state index >= 15 is 0 Å². The number of rotatable bonds is 5. The third kappa shape index (κ3) is 2.68. The van der Waals surface area contributed by atoms with Crippen LogP contribution in [0.5, 0.6) is 0 Å². The number of hydrogen-bond donors (Lipinski definition) is 0. The second kappa shape index (κ2) is 6.41. The molecule has 1 aromatic rings. The molecule has 7 heteroatoms. The van der Waals surface area contributed by atoms with Crippen molar-refractivity contribution in [3.05, 3.63) is 22.4 Å². The minimum atomic E-state index is -0.405. The summed E-state index contributed by atoms with van der Waals surface area (Å²) in [5.41, 5.74) is 0. The number of carbonyl (C=O) groups excluding carboxylic acids is 3. The lowest BCUT2D eigenvalue weighted by Crippen LogP contribution is -2.40. The third-order valence-electron chi connectivity index (χ3n) is 4.62. The summed E-state index contributed by atoms with van der Waals surface area (Å²) >= 11 is 1.56. The van der Waals surface area contributed by atoms with Gasteiger partial charge in [0.25, 0.3) is 0 Å². The van der Waals surface area contributed by atoms with Gasteiger partial charge in [0, 0.05) is 25.1 Å². The Hall–Kier alpha value is -1.73. The largest absolute Gasteiger partial charge is 0.375 e. The smallest absolute Gasteiger partial charge is 0.248 e. The molecule has 124 valence electrons. The molecule has 1 unspecified atom stereocenters. The van der Waals surface area contributed by atoms with Gasteiger partial charge in [-0.1, -0.05) is 13.0 Å².